The first-order valence-electron chi connectivity index (χ1n) is 6.03. The largest absolute Gasteiger partial charge is 0.509 e. The van der Waals surface area contributed by atoms with E-state index in [-0.39, 0.29) is 12.0 Å². The minimum absolute atomic E-state index is 0.123. The SMILES string of the molecule is CN1CC[C@](O)(C#Cc2cccc([B-](F)(F)F)c2)C1=O. The Balaban J connectivity index is 2.28. The Kier molecular flexibility index (Phi) is 3.53. The topological polar surface area (TPSA) is 40.5 Å². The fourth-order valence-electron chi connectivity index (χ4n) is 1.97. The minimum Gasteiger partial charge on any atom is -0.445 e. The summed E-state index contributed by atoms with van der Waals surface area (Å²) in [5.41, 5.74) is -2.43. The normalized spacial score (nSPS) is 22.6. The molecule has 0 bridgehead atoms. The number of likely N-dealkylation sites (N-methyl/N-ethyl adjacent to an activating group) is 1. The summed E-state index contributed by atoms with van der Waals surface area (Å²) in [7, 11) is 1.54. The average molecular weight is 282 g/mol. The quantitative estimate of drug-likeness (QED) is 0.608. The average Bonchev–Trinajstić information content (AvgIpc) is 2.65. The van der Waals surface area contributed by atoms with Crippen molar-refractivity contribution in [2.75, 3.05) is 13.6 Å². The zero-order chi connectivity index (χ0) is 15.0. The molecule has 106 valence electrons. The van der Waals surface area contributed by atoms with Crippen molar-refractivity contribution < 1.29 is 22.8 Å². The number of aliphatic hydroxyl groups is 1. The van der Waals surface area contributed by atoms with Gasteiger partial charge in [-0.05, 0) is 6.07 Å². The summed E-state index contributed by atoms with van der Waals surface area (Å²) in [5.74, 6) is 4.31. The standard InChI is InChI=1S/C13H12BF3NO2/c1-18-8-7-13(20,12(18)19)6-5-10-3-2-4-11(9-10)14(15,16)17/h2-4,9,20H,7-8H2,1H3/q-1/t13-/m1/s1. The smallest absolute Gasteiger partial charge is 0.445 e. The van der Waals surface area contributed by atoms with Gasteiger partial charge in [-0.3, -0.25) is 4.79 Å². The van der Waals surface area contributed by atoms with Crippen LogP contribution in [0.1, 0.15) is 12.0 Å². The van der Waals surface area contributed by atoms with Crippen molar-refractivity contribution in [3.05, 3.63) is 29.8 Å². The molecule has 1 N–H and O–H groups in total. The third-order valence-electron chi connectivity index (χ3n) is 3.19. The first-order chi connectivity index (χ1) is 9.22. The highest BCUT2D eigenvalue weighted by atomic mass is 19.4. The number of rotatable bonds is 1. The summed E-state index contributed by atoms with van der Waals surface area (Å²) in [5, 5.41) is 10.0. The number of likely N-dealkylation sites (tertiary alicyclic amines) is 1. The van der Waals surface area contributed by atoms with Crippen molar-refractivity contribution in [2.24, 2.45) is 0 Å². The maximum atomic E-state index is 12.6. The molecule has 1 atom stereocenters. The fourth-order valence-corrected chi connectivity index (χ4v) is 1.97. The molecule has 1 aromatic rings. The van der Waals surface area contributed by atoms with Crippen LogP contribution < -0.4 is 5.46 Å². The van der Waals surface area contributed by atoms with Gasteiger partial charge in [0.15, 0.2) is 0 Å². The molecule has 0 aromatic heterocycles. The van der Waals surface area contributed by atoms with Crippen molar-refractivity contribution in [1.82, 2.24) is 4.90 Å². The van der Waals surface area contributed by atoms with Gasteiger partial charge in [0, 0.05) is 25.6 Å². The molecule has 1 aromatic carbocycles. The van der Waals surface area contributed by atoms with Crippen LogP contribution in [0.15, 0.2) is 24.3 Å². The van der Waals surface area contributed by atoms with Gasteiger partial charge in [-0.2, -0.15) is 0 Å². The molecule has 3 nitrogen and oxygen atoms in total. The minimum atomic E-state index is -5.09. The Bertz CT molecular complexity index is 606. The van der Waals surface area contributed by atoms with E-state index in [1.807, 2.05) is 0 Å². The van der Waals surface area contributed by atoms with Crippen LogP contribution in [-0.2, 0) is 4.79 Å². The van der Waals surface area contributed by atoms with Crippen LogP contribution in [0, 0.1) is 11.8 Å². The second kappa shape index (κ2) is 4.87. The van der Waals surface area contributed by atoms with Gasteiger partial charge in [0.1, 0.15) is 0 Å². The van der Waals surface area contributed by atoms with E-state index in [2.05, 4.69) is 11.8 Å². The van der Waals surface area contributed by atoms with Gasteiger partial charge in [-0.1, -0.05) is 30.0 Å². The highest BCUT2D eigenvalue weighted by molar-refractivity contribution is 6.73. The molecule has 20 heavy (non-hydrogen) atoms. The number of carbonyl (C=O) groups excluding carboxylic acids is 1. The van der Waals surface area contributed by atoms with E-state index >= 15 is 0 Å². The van der Waals surface area contributed by atoms with Crippen molar-refractivity contribution in [3.8, 4) is 11.8 Å². The highest BCUT2D eigenvalue weighted by Crippen LogP contribution is 2.20. The van der Waals surface area contributed by atoms with Crippen LogP contribution in [-0.4, -0.2) is 42.1 Å². The Morgan fingerprint density at radius 3 is 2.65 bits per heavy atom. The molecule has 1 heterocycles. The van der Waals surface area contributed by atoms with Gasteiger partial charge in [0.25, 0.3) is 5.91 Å². The van der Waals surface area contributed by atoms with Gasteiger partial charge in [-0.15, -0.1) is 5.46 Å². The lowest BCUT2D eigenvalue weighted by Gasteiger charge is -2.15. The lowest BCUT2D eigenvalue weighted by atomic mass is 9.79. The van der Waals surface area contributed by atoms with Crippen LogP contribution in [0.4, 0.5) is 12.9 Å². The maximum absolute atomic E-state index is 12.6. The number of hydrogen-bond acceptors (Lipinski definition) is 2. The molecule has 0 spiro atoms. The fraction of sp³-hybridized carbons (Fsp3) is 0.308. The Morgan fingerprint density at radius 2 is 2.10 bits per heavy atom. The third kappa shape index (κ3) is 2.80. The van der Waals surface area contributed by atoms with Crippen molar-refractivity contribution in [3.63, 3.8) is 0 Å². The zero-order valence-corrected chi connectivity index (χ0v) is 10.7. The maximum Gasteiger partial charge on any atom is 0.509 e. The molecule has 2 rings (SSSR count). The predicted octanol–water partition coefficient (Wildman–Crippen LogP) is 0.686. The summed E-state index contributed by atoms with van der Waals surface area (Å²) in [6.45, 7) is -4.72. The second-order valence-corrected chi connectivity index (χ2v) is 4.79. The molecule has 0 saturated carbocycles. The Hall–Kier alpha value is -1.94. The van der Waals surface area contributed by atoms with Gasteiger partial charge < -0.3 is 23.0 Å². The molecular weight excluding hydrogens is 270 g/mol. The third-order valence-corrected chi connectivity index (χ3v) is 3.19. The lowest BCUT2D eigenvalue weighted by molar-refractivity contribution is -0.137. The lowest BCUT2D eigenvalue weighted by Crippen LogP contribution is -2.37. The molecule has 1 amide bonds. The van der Waals surface area contributed by atoms with Gasteiger partial charge in [0.2, 0.25) is 5.60 Å². The van der Waals surface area contributed by atoms with E-state index in [1.165, 1.54) is 24.1 Å². The van der Waals surface area contributed by atoms with Crippen molar-refractivity contribution in [1.29, 1.82) is 0 Å². The van der Waals surface area contributed by atoms with E-state index < -0.39 is 23.9 Å². The number of nitrogens with zero attached hydrogens (tertiary/aromatic N) is 1. The summed E-state index contributed by atoms with van der Waals surface area (Å²) >= 11 is 0. The van der Waals surface area contributed by atoms with E-state index in [1.54, 1.807) is 0 Å². The van der Waals surface area contributed by atoms with Crippen molar-refractivity contribution in [2.45, 2.75) is 12.0 Å². The molecule has 1 fully saturated rings. The molecular formula is C13H12BF3NO2-. The van der Waals surface area contributed by atoms with E-state index in [0.29, 0.717) is 6.54 Å². The van der Waals surface area contributed by atoms with E-state index in [9.17, 15) is 22.8 Å². The molecule has 7 heteroatoms. The monoisotopic (exact) mass is 282 g/mol. The van der Waals surface area contributed by atoms with Crippen LogP contribution in [0.5, 0.6) is 0 Å². The van der Waals surface area contributed by atoms with Gasteiger partial charge in [-0.25, -0.2) is 0 Å². The van der Waals surface area contributed by atoms with Gasteiger partial charge >= 0.3 is 6.98 Å². The molecule has 1 aliphatic rings. The van der Waals surface area contributed by atoms with E-state index in [0.717, 1.165) is 12.1 Å². The molecule has 1 saturated heterocycles. The van der Waals surface area contributed by atoms with E-state index in [4.69, 9.17) is 0 Å². The number of carbonyl (C=O) groups is 1. The summed E-state index contributed by atoms with van der Waals surface area (Å²) in [6.07, 6.45) is 0.151. The number of hydrogen-bond donors (Lipinski definition) is 1. The predicted molar refractivity (Wildman–Crippen MR) is 69.2 cm³/mol. The molecule has 0 unspecified atom stereocenters. The summed E-state index contributed by atoms with van der Waals surface area (Å²) < 4.78 is 37.8. The highest BCUT2D eigenvalue weighted by Gasteiger charge is 2.42. The van der Waals surface area contributed by atoms with Crippen LogP contribution in [0.3, 0.4) is 0 Å². The number of halogens is 3. The summed E-state index contributed by atoms with van der Waals surface area (Å²) in [6, 6.07) is 4.54. The Labute approximate surface area is 114 Å². The Morgan fingerprint density at radius 1 is 1.40 bits per heavy atom. The molecule has 1 aliphatic heterocycles. The number of benzene rings is 1. The first kappa shape index (κ1) is 14.5. The second-order valence-electron chi connectivity index (χ2n) is 4.79. The number of amides is 1. The molecule has 0 aliphatic carbocycles. The van der Waals surface area contributed by atoms with Gasteiger partial charge in [0.05, 0.1) is 0 Å². The van der Waals surface area contributed by atoms with Crippen LogP contribution in [0.25, 0.3) is 0 Å². The van der Waals surface area contributed by atoms with Crippen LogP contribution >= 0.6 is 0 Å². The van der Waals surface area contributed by atoms with Crippen molar-refractivity contribution >= 4 is 18.3 Å². The van der Waals surface area contributed by atoms with Crippen LogP contribution in [0.2, 0.25) is 0 Å². The molecule has 0 radical (unpaired) electrons. The summed E-state index contributed by atoms with van der Waals surface area (Å²) in [4.78, 5) is 13.0. The first-order valence-corrected chi connectivity index (χ1v) is 6.03. The zero-order valence-electron chi connectivity index (χ0n) is 10.7.